The maximum Gasteiger partial charge on any atom is 0.343 e. The zero-order valence-electron chi connectivity index (χ0n) is 13.0. The normalized spacial score (nSPS) is 10.5. The molecule has 8 nitrogen and oxygen atoms in total. The lowest BCUT2D eigenvalue weighted by Crippen LogP contribution is -2.15. The Morgan fingerprint density at radius 2 is 2.23 bits per heavy atom. The van der Waals surface area contributed by atoms with Gasteiger partial charge in [0.05, 0.1) is 12.3 Å². The van der Waals surface area contributed by atoms with Crippen LogP contribution in [0, 0.1) is 0 Å². The van der Waals surface area contributed by atoms with Gasteiger partial charge in [-0.1, -0.05) is 12.1 Å². The van der Waals surface area contributed by atoms with Gasteiger partial charge in [-0.25, -0.2) is 14.8 Å². The monoisotopic (exact) mass is 304 g/mol. The van der Waals surface area contributed by atoms with Gasteiger partial charge in [-0.05, 0) is 6.92 Å². The third-order valence-corrected chi connectivity index (χ3v) is 2.97. The zero-order chi connectivity index (χ0) is 15.9. The summed E-state index contributed by atoms with van der Waals surface area (Å²) in [6.45, 7) is 4.63. The van der Waals surface area contributed by atoms with Crippen molar-refractivity contribution in [3.8, 4) is 0 Å². The highest BCUT2D eigenvalue weighted by molar-refractivity contribution is 5.94. The summed E-state index contributed by atoms with van der Waals surface area (Å²) >= 11 is 0. The summed E-state index contributed by atoms with van der Waals surface area (Å²) < 4.78 is 6.68. The van der Waals surface area contributed by atoms with E-state index in [0.717, 1.165) is 5.69 Å². The quantitative estimate of drug-likeness (QED) is 0.762. The summed E-state index contributed by atoms with van der Waals surface area (Å²) in [5, 5.41) is 11.1. The number of aromatic nitrogens is 5. The van der Waals surface area contributed by atoms with E-state index < -0.39 is 5.97 Å². The molecular formula is C14H20N6O2. The van der Waals surface area contributed by atoms with Gasteiger partial charge in [0.25, 0.3) is 0 Å². The van der Waals surface area contributed by atoms with E-state index in [-0.39, 0.29) is 0 Å². The van der Waals surface area contributed by atoms with Crippen LogP contribution in [0.25, 0.3) is 0 Å². The molecule has 0 radical (unpaired) electrons. The van der Waals surface area contributed by atoms with Gasteiger partial charge >= 0.3 is 5.97 Å². The van der Waals surface area contributed by atoms with Gasteiger partial charge < -0.3 is 10.1 Å². The largest absolute Gasteiger partial charge is 0.462 e. The molecule has 118 valence electrons. The van der Waals surface area contributed by atoms with Crippen LogP contribution < -0.4 is 5.32 Å². The molecule has 0 saturated carbocycles. The van der Waals surface area contributed by atoms with Crippen LogP contribution >= 0.6 is 0 Å². The Morgan fingerprint density at radius 1 is 1.41 bits per heavy atom. The van der Waals surface area contributed by atoms with E-state index in [1.165, 1.54) is 6.20 Å². The maximum atomic E-state index is 11.9. The third-order valence-electron chi connectivity index (χ3n) is 2.97. The van der Waals surface area contributed by atoms with Gasteiger partial charge in [-0.3, -0.25) is 4.68 Å². The van der Waals surface area contributed by atoms with Crippen LogP contribution in [0.1, 0.15) is 35.7 Å². The second-order valence-electron chi connectivity index (χ2n) is 4.68. The van der Waals surface area contributed by atoms with Crippen LogP contribution in [0.4, 0.5) is 5.82 Å². The van der Waals surface area contributed by atoms with Crippen molar-refractivity contribution in [1.82, 2.24) is 25.0 Å². The second-order valence-corrected chi connectivity index (χ2v) is 4.68. The summed E-state index contributed by atoms with van der Waals surface area (Å²) in [5.41, 5.74) is 1.22. The molecule has 2 aromatic heterocycles. The molecule has 0 aromatic carbocycles. The van der Waals surface area contributed by atoms with Crippen LogP contribution in [-0.4, -0.2) is 44.1 Å². The maximum absolute atomic E-state index is 11.9. The molecule has 0 spiro atoms. The van der Waals surface area contributed by atoms with Gasteiger partial charge in [0, 0.05) is 38.8 Å². The van der Waals surface area contributed by atoms with Crippen LogP contribution in [0.2, 0.25) is 0 Å². The van der Waals surface area contributed by atoms with Crippen molar-refractivity contribution in [3.05, 3.63) is 29.5 Å². The predicted molar refractivity (Wildman–Crippen MR) is 80.6 cm³/mol. The summed E-state index contributed by atoms with van der Waals surface area (Å²) in [4.78, 5) is 20.5. The fourth-order valence-electron chi connectivity index (χ4n) is 1.90. The van der Waals surface area contributed by atoms with Crippen molar-refractivity contribution in [2.24, 2.45) is 7.05 Å². The van der Waals surface area contributed by atoms with Crippen molar-refractivity contribution in [1.29, 1.82) is 0 Å². The molecule has 2 rings (SSSR count). The minimum atomic E-state index is -0.424. The number of ether oxygens (including phenoxy) is 1. The lowest BCUT2D eigenvalue weighted by atomic mass is 10.2. The van der Waals surface area contributed by atoms with E-state index in [2.05, 4.69) is 25.6 Å². The number of carbonyl (C=O) groups excluding carboxylic acids is 1. The van der Waals surface area contributed by atoms with Crippen molar-refractivity contribution >= 4 is 11.8 Å². The number of anilines is 1. The molecule has 0 amide bonds. The molecule has 0 aliphatic carbocycles. The number of aryl methyl sites for hydroxylation is 2. The van der Waals surface area contributed by atoms with Gasteiger partial charge in [-0.2, -0.15) is 0 Å². The van der Waals surface area contributed by atoms with Gasteiger partial charge in [0.1, 0.15) is 17.2 Å². The number of hydrogen-bond donors (Lipinski definition) is 1. The summed E-state index contributed by atoms with van der Waals surface area (Å²) in [7, 11) is 1.82. The van der Waals surface area contributed by atoms with Gasteiger partial charge in [0.2, 0.25) is 0 Å². The molecule has 2 aromatic rings. The first-order chi connectivity index (χ1) is 10.6. The van der Waals surface area contributed by atoms with Crippen LogP contribution in [-0.2, 0) is 24.6 Å². The highest BCUT2D eigenvalue weighted by atomic mass is 16.5. The predicted octanol–water partition coefficient (Wildman–Crippen LogP) is 0.999. The Morgan fingerprint density at radius 3 is 2.86 bits per heavy atom. The standard InChI is InChI=1S/C14H20N6O2/c1-4-12-16-8-11(14(21)22-5-2)13(17-12)15-7-6-10-9-20(3)19-18-10/h8-9H,4-7H2,1-3H3,(H,15,16,17). The van der Waals surface area contributed by atoms with E-state index >= 15 is 0 Å². The molecule has 8 heteroatoms. The highest BCUT2D eigenvalue weighted by Crippen LogP contribution is 2.13. The summed E-state index contributed by atoms with van der Waals surface area (Å²) in [6, 6.07) is 0. The minimum Gasteiger partial charge on any atom is -0.462 e. The SMILES string of the molecule is CCOC(=O)c1cnc(CC)nc1NCCc1cn(C)nn1. The number of nitrogens with zero attached hydrogens (tertiary/aromatic N) is 5. The molecule has 0 saturated heterocycles. The first kappa shape index (κ1) is 15.9. The average Bonchev–Trinajstić information content (AvgIpc) is 2.93. The molecule has 2 heterocycles. The van der Waals surface area contributed by atoms with Crippen LogP contribution in [0.15, 0.2) is 12.4 Å². The van der Waals surface area contributed by atoms with Crippen LogP contribution in [0.3, 0.4) is 0 Å². The number of hydrogen-bond acceptors (Lipinski definition) is 7. The fourth-order valence-corrected chi connectivity index (χ4v) is 1.90. The lowest BCUT2D eigenvalue weighted by molar-refractivity contribution is 0.0526. The third kappa shape index (κ3) is 4.00. The Hall–Kier alpha value is -2.51. The van der Waals surface area contributed by atoms with Crippen LogP contribution in [0.5, 0.6) is 0 Å². The fraction of sp³-hybridized carbons (Fsp3) is 0.500. The Labute approximate surface area is 128 Å². The Bertz CT molecular complexity index is 640. The molecular weight excluding hydrogens is 284 g/mol. The van der Waals surface area contributed by atoms with Crippen molar-refractivity contribution in [2.45, 2.75) is 26.7 Å². The molecule has 0 atom stereocenters. The molecule has 0 bridgehead atoms. The smallest absolute Gasteiger partial charge is 0.343 e. The van der Waals surface area contributed by atoms with Gasteiger partial charge in [0.15, 0.2) is 0 Å². The number of esters is 1. The molecule has 0 aliphatic heterocycles. The zero-order valence-corrected chi connectivity index (χ0v) is 13.0. The van der Waals surface area contributed by atoms with Crippen molar-refractivity contribution < 1.29 is 9.53 Å². The number of nitrogens with one attached hydrogen (secondary N) is 1. The minimum absolute atomic E-state index is 0.313. The molecule has 0 unspecified atom stereocenters. The first-order valence-electron chi connectivity index (χ1n) is 7.26. The first-order valence-corrected chi connectivity index (χ1v) is 7.26. The van der Waals surface area contributed by atoms with E-state index in [0.29, 0.717) is 43.2 Å². The van der Waals surface area contributed by atoms with E-state index in [1.807, 2.05) is 20.2 Å². The summed E-state index contributed by atoms with van der Waals surface area (Å²) in [5.74, 6) is 0.747. The van der Waals surface area contributed by atoms with Gasteiger partial charge in [-0.15, -0.1) is 5.10 Å². The molecule has 0 aliphatic rings. The molecule has 0 fully saturated rings. The Kier molecular flexibility index (Phi) is 5.40. The molecule has 1 N–H and O–H groups in total. The van der Waals surface area contributed by atoms with Crippen molar-refractivity contribution in [2.75, 3.05) is 18.5 Å². The Balaban J connectivity index is 2.07. The topological polar surface area (TPSA) is 94.8 Å². The van der Waals surface area contributed by atoms with E-state index in [9.17, 15) is 4.79 Å². The number of rotatable bonds is 7. The average molecular weight is 304 g/mol. The van der Waals surface area contributed by atoms with E-state index in [4.69, 9.17) is 4.74 Å². The number of carbonyl (C=O) groups is 1. The second kappa shape index (κ2) is 7.48. The summed E-state index contributed by atoms with van der Waals surface area (Å²) in [6.07, 6.45) is 4.74. The highest BCUT2D eigenvalue weighted by Gasteiger charge is 2.15. The lowest BCUT2D eigenvalue weighted by Gasteiger charge is -2.10. The van der Waals surface area contributed by atoms with Crippen molar-refractivity contribution in [3.63, 3.8) is 0 Å². The molecule has 22 heavy (non-hydrogen) atoms. The van der Waals surface area contributed by atoms with E-state index in [1.54, 1.807) is 11.6 Å².